The number of amides is 1. The number of pyridine rings is 1. The predicted octanol–water partition coefficient (Wildman–Crippen LogP) is 2.31. The van der Waals surface area contributed by atoms with Gasteiger partial charge in [0.2, 0.25) is 5.91 Å². The SMILES string of the molecule is Cc1nn(CC(=O)Nc2ccc(C3=CNCC=N3)cn2)c(C)c1C1=CCOCC1. The van der Waals surface area contributed by atoms with Crippen molar-refractivity contribution in [3.8, 4) is 0 Å². The van der Waals surface area contributed by atoms with E-state index in [1.807, 2.05) is 32.3 Å². The third-order valence-electron chi connectivity index (χ3n) is 4.96. The first kappa shape index (κ1) is 19.1. The van der Waals surface area contributed by atoms with Crippen molar-refractivity contribution in [3.05, 3.63) is 53.1 Å². The molecule has 0 bridgehead atoms. The van der Waals surface area contributed by atoms with Crippen LogP contribution in [0.4, 0.5) is 5.82 Å². The second-order valence-electron chi connectivity index (χ2n) is 6.99. The van der Waals surface area contributed by atoms with Crippen LogP contribution in [0.1, 0.15) is 28.9 Å². The van der Waals surface area contributed by atoms with Crippen molar-refractivity contribution >= 4 is 29.2 Å². The summed E-state index contributed by atoms with van der Waals surface area (Å²) >= 11 is 0. The first-order valence-electron chi connectivity index (χ1n) is 9.65. The van der Waals surface area contributed by atoms with Crippen LogP contribution >= 0.6 is 0 Å². The first-order valence-corrected chi connectivity index (χ1v) is 9.65. The fourth-order valence-electron chi connectivity index (χ4n) is 3.55. The summed E-state index contributed by atoms with van der Waals surface area (Å²) in [6.07, 6.45) is 8.32. The van der Waals surface area contributed by atoms with Crippen LogP contribution in [0.25, 0.3) is 11.3 Å². The Morgan fingerprint density at radius 1 is 1.34 bits per heavy atom. The van der Waals surface area contributed by atoms with E-state index in [1.54, 1.807) is 16.9 Å². The number of hydrogen-bond acceptors (Lipinski definition) is 6. The van der Waals surface area contributed by atoms with E-state index in [0.29, 0.717) is 12.4 Å². The van der Waals surface area contributed by atoms with E-state index >= 15 is 0 Å². The summed E-state index contributed by atoms with van der Waals surface area (Å²) < 4.78 is 7.14. The van der Waals surface area contributed by atoms with E-state index in [2.05, 4.69) is 31.8 Å². The molecule has 2 aromatic rings. The molecule has 8 heteroatoms. The molecule has 4 heterocycles. The quantitative estimate of drug-likeness (QED) is 0.814. The number of rotatable bonds is 5. The number of hydrogen-bond donors (Lipinski definition) is 2. The van der Waals surface area contributed by atoms with Crippen molar-refractivity contribution < 1.29 is 9.53 Å². The summed E-state index contributed by atoms with van der Waals surface area (Å²) in [6.45, 7) is 6.18. The smallest absolute Gasteiger partial charge is 0.247 e. The Morgan fingerprint density at radius 2 is 2.24 bits per heavy atom. The van der Waals surface area contributed by atoms with Crippen molar-refractivity contribution in [2.45, 2.75) is 26.8 Å². The maximum atomic E-state index is 12.5. The van der Waals surface area contributed by atoms with Gasteiger partial charge in [-0.05, 0) is 38.0 Å². The zero-order valence-corrected chi connectivity index (χ0v) is 16.6. The third kappa shape index (κ3) is 4.27. The number of nitrogens with one attached hydrogen (secondary N) is 2. The topological polar surface area (TPSA) is 93.4 Å². The summed E-state index contributed by atoms with van der Waals surface area (Å²) in [5.74, 6) is 0.334. The summed E-state index contributed by atoms with van der Waals surface area (Å²) in [6, 6.07) is 3.66. The standard InChI is InChI=1S/C21H24N6O2/c1-14-21(16-5-9-29-10-6-16)15(2)27(26-14)13-20(28)25-19-4-3-17(11-24-19)18-12-22-7-8-23-18/h3-5,8,11-12,22H,6-7,9-10,13H2,1-2H3,(H,24,25,28). The second kappa shape index (κ2) is 8.40. The van der Waals surface area contributed by atoms with Gasteiger partial charge in [0.05, 0.1) is 24.6 Å². The highest BCUT2D eigenvalue weighted by Crippen LogP contribution is 2.27. The number of aryl methyl sites for hydroxylation is 1. The molecule has 0 saturated carbocycles. The summed E-state index contributed by atoms with van der Waals surface area (Å²) in [5.41, 5.74) is 5.99. The van der Waals surface area contributed by atoms with Crippen molar-refractivity contribution in [2.24, 2.45) is 4.99 Å². The van der Waals surface area contributed by atoms with E-state index in [9.17, 15) is 4.79 Å². The molecular formula is C21H24N6O2. The molecule has 150 valence electrons. The van der Waals surface area contributed by atoms with Crippen LogP contribution in [-0.2, 0) is 16.1 Å². The van der Waals surface area contributed by atoms with Gasteiger partial charge in [0.1, 0.15) is 12.4 Å². The Kier molecular flexibility index (Phi) is 5.53. The van der Waals surface area contributed by atoms with E-state index in [4.69, 9.17) is 4.74 Å². The Balaban J connectivity index is 1.43. The lowest BCUT2D eigenvalue weighted by atomic mass is 10.00. The minimum absolute atomic E-state index is 0.138. The van der Waals surface area contributed by atoms with Gasteiger partial charge in [-0.25, -0.2) is 4.98 Å². The lowest BCUT2D eigenvalue weighted by Crippen LogP contribution is -2.21. The highest BCUT2D eigenvalue weighted by Gasteiger charge is 2.18. The number of carbonyl (C=O) groups is 1. The number of ether oxygens (including phenoxy) is 1. The normalized spacial score (nSPS) is 16.1. The molecule has 2 N–H and O–H groups in total. The van der Waals surface area contributed by atoms with Gasteiger partial charge in [-0.15, -0.1) is 0 Å². The van der Waals surface area contributed by atoms with Gasteiger partial charge in [-0.3, -0.25) is 14.5 Å². The Hall–Kier alpha value is -3.26. The van der Waals surface area contributed by atoms with Gasteiger partial charge in [0.15, 0.2) is 0 Å². The molecule has 0 unspecified atom stereocenters. The number of nitrogens with zero attached hydrogens (tertiary/aromatic N) is 4. The molecular weight excluding hydrogens is 368 g/mol. The fraction of sp³-hybridized carbons (Fsp3) is 0.333. The van der Waals surface area contributed by atoms with Crippen molar-refractivity contribution in [2.75, 3.05) is 25.1 Å². The van der Waals surface area contributed by atoms with Gasteiger partial charge in [0, 0.05) is 42.0 Å². The molecule has 0 saturated heterocycles. The van der Waals surface area contributed by atoms with Gasteiger partial charge in [-0.2, -0.15) is 5.10 Å². The highest BCUT2D eigenvalue weighted by atomic mass is 16.5. The largest absolute Gasteiger partial charge is 0.384 e. The minimum Gasteiger partial charge on any atom is -0.384 e. The first-order chi connectivity index (χ1) is 14.1. The second-order valence-corrected chi connectivity index (χ2v) is 6.99. The average Bonchev–Trinajstić information content (AvgIpc) is 3.02. The van der Waals surface area contributed by atoms with Crippen LogP contribution in [0, 0.1) is 13.8 Å². The Morgan fingerprint density at radius 3 is 2.93 bits per heavy atom. The fourth-order valence-corrected chi connectivity index (χ4v) is 3.55. The zero-order chi connectivity index (χ0) is 20.2. The van der Waals surface area contributed by atoms with Crippen LogP contribution < -0.4 is 10.6 Å². The number of anilines is 1. The molecule has 0 fully saturated rings. The molecule has 4 rings (SSSR count). The average molecular weight is 392 g/mol. The van der Waals surface area contributed by atoms with Crippen LogP contribution in [0.2, 0.25) is 0 Å². The molecule has 8 nitrogen and oxygen atoms in total. The highest BCUT2D eigenvalue weighted by molar-refractivity contribution is 5.90. The Labute approximate surface area is 169 Å². The monoisotopic (exact) mass is 392 g/mol. The lowest BCUT2D eigenvalue weighted by Gasteiger charge is -2.14. The molecule has 0 atom stereocenters. The zero-order valence-electron chi connectivity index (χ0n) is 16.6. The summed E-state index contributed by atoms with van der Waals surface area (Å²) in [5, 5.41) is 10.5. The van der Waals surface area contributed by atoms with Crippen LogP contribution in [-0.4, -0.2) is 46.6 Å². The number of aliphatic imine (C=N–C) groups is 1. The van der Waals surface area contributed by atoms with Crippen LogP contribution in [0.3, 0.4) is 0 Å². The van der Waals surface area contributed by atoms with E-state index in [1.165, 1.54) is 5.57 Å². The number of aromatic nitrogens is 3. The van der Waals surface area contributed by atoms with Crippen molar-refractivity contribution in [3.63, 3.8) is 0 Å². The summed E-state index contributed by atoms with van der Waals surface area (Å²) in [4.78, 5) is 21.2. The third-order valence-corrected chi connectivity index (χ3v) is 4.96. The molecule has 1 amide bonds. The predicted molar refractivity (Wildman–Crippen MR) is 112 cm³/mol. The maximum absolute atomic E-state index is 12.5. The molecule has 0 aromatic carbocycles. The maximum Gasteiger partial charge on any atom is 0.247 e. The summed E-state index contributed by atoms with van der Waals surface area (Å²) in [7, 11) is 0. The van der Waals surface area contributed by atoms with Gasteiger partial charge in [-0.1, -0.05) is 6.08 Å². The molecule has 0 radical (unpaired) electrons. The minimum atomic E-state index is -0.167. The molecule has 0 aliphatic carbocycles. The van der Waals surface area contributed by atoms with Crippen molar-refractivity contribution in [1.29, 1.82) is 0 Å². The van der Waals surface area contributed by atoms with Gasteiger partial charge >= 0.3 is 0 Å². The molecule has 2 aromatic heterocycles. The van der Waals surface area contributed by atoms with E-state index < -0.39 is 0 Å². The lowest BCUT2D eigenvalue weighted by molar-refractivity contribution is -0.117. The van der Waals surface area contributed by atoms with Crippen LogP contribution in [0.15, 0.2) is 35.6 Å². The van der Waals surface area contributed by atoms with E-state index in [-0.39, 0.29) is 12.5 Å². The van der Waals surface area contributed by atoms with Gasteiger partial charge < -0.3 is 15.4 Å². The van der Waals surface area contributed by atoms with Crippen LogP contribution in [0.5, 0.6) is 0 Å². The molecule has 29 heavy (non-hydrogen) atoms. The number of carbonyl (C=O) groups excluding carboxylic acids is 1. The van der Waals surface area contributed by atoms with Crippen molar-refractivity contribution in [1.82, 2.24) is 20.1 Å². The molecule has 2 aliphatic heterocycles. The van der Waals surface area contributed by atoms with Gasteiger partial charge in [0.25, 0.3) is 0 Å². The Bertz CT molecular complexity index is 1000. The molecule has 2 aliphatic rings. The molecule has 0 spiro atoms. The van der Waals surface area contributed by atoms with E-state index in [0.717, 1.165) is 47.8 Å².